The van der Waals surface area contributed by atoms with Crippen molar-refractivity contribution in [1.82, 2.24) is 15.6 Å². The van der Waals surface area contributed by atoms with Gasteiger partial charge in [0, 0.05) is 11.9 Å². The number of carbonyl (C=O) groups excluding carboxylic acids is 2. The van der Waals surface area contributed by atoms with Crippen molar-refractivity contribution in [3.05, 3.63) is 41.2 Å². The lowest BCUT2D eigenvalue weighted by molar-refractivity contribution is -0.120. The molecule has 0 radical (unpaired) electrons. The number of hydrogen-bond acceptors (Lipinski definition) is 3. The van der Waals surface area contributed by atoms with Crippen LogP contribution in [0.15, 0.2) is 30.3 Å². The quantitative estimate of drug-likeness (QED) is 0.831. The fraction of sp³-hybridized carbons (Fsp3) is 0.267. The molecule has 0 saturated heterocycles. The lowest BCUT2D eigenvalue weighted by atomic mass is 10.1. The first-order valence-electron chi connectivity index (χ1n) is 6.72. The van der Waals surface area contributed by atoms with Crippen LogP contribution in [0.1, 0.15) is 23.8 Å². The molecule has 5 nitrogen and oxygen atoms in total. The van der Waals surface area contributed by atoms with Gasteiger partial charge >= 0.3 is 0 Å². The van der Waals surface area contributed by atoms with Crippen LogP contribution in [-0.4, -0.2) is 29.9 Å². The average Bonchev–Trinajstić information content (AvgIpc) is 2.50. The summed E-state index contributed by atoms with van der Waals surface area (Å²) in [7, 11) is 0. The molecular formula is C15H16ClN3O2. The van der Waals surface area contributed by atoms with Gasteiger partial charge in [-0.1, -0.05) is 42.8 Å². The van der Waals surface area contributed by atoms with Crippen LogP contribution in [0, 0.1) is 0 Å². The summed E-state index contributed by atoms with van der Waals surface area (Å²) in [5.41, 5.74) is 0.196. The molecule has 0 atom stereocenters. The summed E-state index contributed by atoms with van der Waals surface area (Å²) in [4.78, 5) is 27.5. The first-order chi connectivity index (χ1) is 10.1. The van der Waals surface area contributed by atoms with Gasteiger partial charge in [0.1, 0.15) is 10.8 Å². The lowest BCUT2D eigenvalue weighted by Gasteiger charge is -2.07. The van der Waals surface area contributed by atoms with Gasteiger partial charge < -0.3 is 10.6 Å². The monoisotopic (exact) mass is 305 g/mol. The van der Waals surface area contributed by atoms with Crippen molar-refractivity contribution in [3.63, 3.8) is 0 Å². The van der Waals surface area contributed by atoms with Gasteiger partial charge in [-0.05, 0) is 17.9 Å². The molecule has 2 N–H and O–H groups in total. The van der Waals surface area contributed by atoms with Gasteiger partial charge in [-0.25, -0.2) is 4.98 Å². The zero-order chi connectivity index (χ0) is 15.2. The standard InChI is InChI=1S/C15H16ClN3O2/c1-2-7-17-13(20)9-18-15(21)12-8-10-5-3-4-6-11(10)14(16)19-12/h3-6,8H,2,7,9H2,1H3,(H,17,20)(H,18,21). The minimum atomic E-state index is -0.422. The van der Waals surface area contributed by atoms with E-state index in [4.69, 9.17) is 11.6 Å². The van der Waals surface area contributed by atoms with Gasteiger partial charge in [0.2, 0.25) is 5.91 Å². The molecule has 0 saturated carbocycles. The molecule has 6 heteroatoms. The second-order valence-electron chi connectivity index (χ2n) is 4.55. The van der Waals surface area contributed by atoms with Gasteiger partial charge in [0.25, 0.3) is 5.91 Å². The first-order valence-corrected chi connectivity index (χ1v) is 7.09. The van der Waals surface area contributed by atoms with Crippen LogP contribution < -0.4 is 10.6 Å². The number of hydrogen-bond donors (Lipinski definition) is 2. The van der Waals surface area contributed by atoms with Crippen molar-refractivity contribution in [3.8, 4) is 0 Å². The highest BCUT2D eigenvalue weighted by atomic mass is 35.5. The van der Waals surface area contributed by atoms with E-state index in [9.17, 15) is 9.59 Å². The van der Waals surface area contributed by atoms with Crippen LogP contribution in [0.25, 0.3) is 10.8 Å². The molecule has 2 amide bonds. The van der Waals surface area contributed by atoms with Crippen LogP contribution in [0.4, 0.5) is 0 Å². The minimum Gasteiger partial charge on any atom is -0.355 e. The SMILES string of the molecule is CCCNC(=O)CNC(=O)c1cc2ccccc2c(Cl)n1. The number of aromatic nitrogens is 1. The molecule has 0 aliphatic carbocycles. The number of carbonyl (C=O) groups is 2. The summed E-state index contributed by atoms with van der Waals surface area (Å²) in [6, 6.07) is 9.06. The number of nitrogens with one attached hydrogen (secondary N) is 2. The summed E-state index contributed by atoms with van der Waals surface area (Å²) in [5.74, 6) is -0.647. The van der Waals surface area contributed by atoms with Crippen molar-refractivity contribution >= 4 is 34.2 Å². The summed E-state index contributed by atoms with van der Waals surface area (Å²) < 4.78 is 0. The molecule has 0 aliphatic rings. The number of benzene rings is 1. The molecule has 1 aromatic carbocycles. The number of pyridine rings is 1. The van der Waals surface area contributed by atoms with Gasteiger partial charge in [0.15, 0.2) is 0 Å². The normalized spacial score (nSPS) is 10.4. The maximum Gasteiger partial charge on any atom is 0.270 e. The zero-order valence-electron chi connectivity index (χ0n) is 11.6. The molecular weight excluding hydrogens is 290 g/mol. The van der Waals surface area contributed by atoms with E-state index in [0.29, 0.717) is 6.54 Å². The van der Waals surface area contributed by atoms with Crippen LogP contribution in [0.3, 0.4) is 0 Å². The molecule has 0 aliphatic heterocycles. The van der Waals surface area contributed by atoms with Crippen LogP contribution in [0.2, 0.25) is 5.15 Å². The fourth-order valence-electron chi connectivity index (χ4n) is 1.85. The number of rotatable bonds is 5. The largest absolute Gasteiger partial charge is 0.355 e. The summed E-state index contributed by atoms with van der Waals surface area (Å²) in [6.45, 7) is 2.47. The Labute approximate surface area is 127 Å². The number of fused-ring (bicyclic) bond motifs is 1. The van der Waals surface area contributed by atoms with E-state index in [1.54, 1.807) is 6.07 Å². The second kappa shape index (κ2) is 7.04. The van der Waals surface area contributed by atoms with Gasteiger partial charge in [-0.3, -0.25) is 9.59 Å². The Kier molecular flexibility index (Phi) is 5.11. The third-order valence-corrected chi connectivity index (χ3v) is 3.20. The Morgan fingerprint density at radius 3 is 2.76 bits per heavy atom. The second-order valence-corrected chi connectivity index (χ2v) is 4.91. The molecule has 110 valence electrons. The predicted molar refractivity (Wildman–Crippen MR) is 82.4 cm³/mol. The topological polar surface area (TPSA) is 71.1 Å². The minimum absolute atomic E-state index is 0.0784. The maximum absolute atomic E-state index is 12.0. The number of nitrogens with zero attached hydrogens (tertiary/aromatic N) is 1. The average molecular weight is 306 g/mol. The number of halogens is 1. The highest BCUT2D eigenvalue weighted by molar-refractivity contribution is 6.34. The van der Waals surface area contributed by atoms with Gasteiger partial charge in [-0.15, -0.1) is 0 Å². The van der Waals surface area contributed by atoms with E-state index in [0.717, 1.165) is 17.2 Å². The molecule has 1 heterocycles. The summed E-state index contributed by atoms with van der Waals surface area (Å²) in [6.07, 6.45) is 0.849. The zero-order valence-corrected chi connectivity index (χ0v) is 12.4. The molecule has 0 bridgehead atoms. The number of amides is 2. The molecule has 21 heavy (non-hydrogen) atoms. The van der Waals surface area contributed by atoms with Crippen molar-refractivity contribution in [2.75, 3.05) is 13.1 Å². The van der Waals surface area contributed by atoms with Crippen LogP contribution in [-0.2, 0) is 4.79 Å². The van der Waals surface area contributed by atoms with E-state index in [-0.39, 0.29) is 23.3 Å². The molecule has 0 spiro atoms. The molecule has 0 fully saturated rings. The molecule has 2 aromatic rings. The Hall–Kier alpha value is -2.14. The first kappa shape index (κ1) is 15.3. The smallest absolute Gasteiger partial charge is 0.270 e. The summed E-state index contributed by atoms with van der Waals surface area (Å²) >= 11 is 6.07. The van der Waals surface area contributed by atoms with Crippen molar-refractivity contribution < 1.29 is 9.59 Å². The summed E-state index contributed by atoms with van der Waals surface area (Å²) in [5, 5.41) is 7.10. The highest BCUT2D eigenvalue weighted by Gasteiger charge is 2.12. The molecule has 2 rings (SSSR count). The van der Waals surface area contributed by atoms with Crippen molar-refractivity contribution in [1.29, 1.82) is 0 Å². The van der Waals surface area contributed by atoms with E-state index in [2.05, 4.69) is 15.6 Å². The Morgan fingerprint density at radius 1 is 1.24 bits per heavy atom. The third-order valence-electron chi connectivity index (χ3n) is 2.91. The van der Waals surface area contributed by atoms with Crippen LogP contribution >= 0.6 is 11.6 Å². The Bertz CT molecular complexity index is 673. The Balaban J connectivity index is 2.07. The van der Waals surface area contributed by atoms with E-state index < -0.39 is 5.91 Å². The predicted octanol–water partition coefficient (Wildman–Crippen LogP) is 2.14. The van der Waals surface area contributed by atoms with E-state index >= 15 is 0 Å². The molecule has 1 aromatic heterocycles. The van der Waals surface area contributed by atoms with Crippen molar-refractivity contribution in [2.45, 2.75) is 13.3 Å². The fourth-order valence-corrected chi connectivity index (χ4v) is 2.11. The Morgan fingerprint density at radius 2 is 2.00 bits per heavy atom. The van der Waals surface area contributed by atoms with E-state index in [1.807, 2.05) is 31.2 Å². The maximum atomic E-state index is 12.0. The van der Waals surface area contributed by atoms with Crippen molar-refractivity contribution in [2.24, 2.45) is 0 Å². The van der Waals surface area contributed by atoms with Gasteiger partial charge in [-0.2, -0.15) is 0 Å². The van der Waals surface area contributed by atoms with Crippen LogP contribution in [0.5, 0.6) is 0 Å². The third kappa shape index (κ3) is 3.92. The van der Waals surface area contributed by atoms with E-state index in [1.165, 1.54) is 0 Å². The highest BCUT2D eigenvalue weighted by Crippen LogP contribution is 2.22. The lowest BCUT2D eigenvalue weighted by Crippen LogP contribution is -2.37. The molecule has 0 unspecified atom stereocenters. The van der Waals surface area contributed by atoms with Gasteiger partial charge in [0.05, 0.1) is 6.54 Å².